The smallest absolute Gasteiger partial charge is 0.225 e. The van der Waals surface area contributed by atoms with E-state index in [9.17, 15) is 0 Å². The highest BCUT2D eigenvalue weighted by Crippen LogP contribution is 2.09. The minimum Gasteiger partial charge on any atom is -0.385 e. The van der Waals surface area contributed by atoms with Crippen molar-refractivity contribution in [1.82, 2.24) is 20.2 Å². The molecular weight excluding hydrogens is 292 g/mol. The van der Waals surface area contributed by atoms with Crippen LogP contribution < -0.4 is 10.2 Å². The van der Waals surface area contributed by atoms with Gasteiger partial charge in [-0.25, -0.2) is 9.97 Å². The largest absolute Gasteiger partial charge is 0.385 e. The number of piperazine rings is 1. The maximum Gasteiger partial charge on any atom is 0.225 e. The van der Waals surface area contributed by atoms with Gasteiger partial charge in [0.2, 0.25) is 5.95 Å². The molecule has 1 saturated heterocycles. The SMILES string of the molecule is CN=C(NCCCCCOC)N1CCN(c2ncccn2)CC1. The minimum atomic E-state index is 0.813. The number of hydrogen-bond acceptors (Lipinski definition) is 5. The van der Waals surface area contributed by atoms with Crippen LogP contribution in [0.4, 0.5) is 5.95 Å². The molecule has 1 aromatic rings. The van der Waals surface area contributed by atoms with Crippen LogP contribution in [-0.2, 0) is 4.74 Å². The van der Waals surface area contributed by atoms with E-state index in [4.69, 9.17) is 4.74 Å². The summed E-state index contributed by atoms with van der Waals surface area (Å²) in [4.78, 5) is 17.6. The quantitative estimate of drug-likeness (QED) is 0.459. The second kappa shape index (κ2) is 9.99. The minimum absolute atomic E-state index is 0.813. The fourth-order valence-corrected chi connectivity index (χ4v) is 2.65. The van der Waals surface area contributed by atoms with Gasteiger partial charge in [-0.2, -0.15) is 0 Å². The molecule has 0 unspecified atom stereocenters. The molecule has 1 aromatic heterocycles. The summed E-state index contributed by atoms with van der Waals surface area (Å²) in [5.41, 5.74) is 0. The molecule has 1 aliphatic heterocycles. The molecule has 1 aliphatic rings. The number of rotatable bonds is 7. The lowest BCUT2D eigenvalue weighted by Crippen LogP contribution is -2.53. The predicted octanol–water partition coefficient (Wildman–Crippen LogP) is 0.991. The number of ether oxygens (including phenoxy) is 1. The first kappa shape index (κ1) is 17.5. The molecular formula is C16H28N6O. The van der Waals surface area contributed by atoms with E-state index in [1.807, 2.05) is 13.1 Å². The van der Waals surface area contributed by atoms with E-state index in [-0.39, 0.29) is 0 Å². The second-order valence-electron chi connectivity index (χ2n) is 5.55. The van der Waals surface area contributed by atoms with Crippen molar-refractivity contribution in [3.8, 4) is 0 Å². The third kappa shape index (κ3) is 5.67. The normalized spacial score (nSPS) is 15.8. The van der Waals surface area contributed by atoms with E-state index < -0.39 is 0 Å². The van der Waals surface area contributed by atoms with Crippen LogP contribution in [0.5, 0.6) is 0 Å². The maximum atomic E-state index is 5.07. The van der Waals surface area contributed by atoms with Crippen molar-refractivity contribution in [2.75, 3.05) is 58.4 Å². The Balaban J connectivity index is 1.70. The van der Waals surface area contributed by atoms with Crippen molar-refractivity contribution in [1.29, 1.82) is 0 Å². The molecule has 1 fully saturated rings. The van der Waals surface area contributed by atoms with Crippen LogP contribution in [-0.4, -0.2) is 74.3 Å². The van der Waals surface area contributed by atoms with Crippen molar-refractivity contribution in [2.45, 2.75) is 19.3 Å². The molecule has 7 nitrogen and oxygen atoms in total. The zero-order chi connectivity index (χ0) is 16.3. The monoisotopic (exact) mass is 320 g/mol. The highest BCUT2D eigenvalue weighted by molar-refractivity contribution is 5.80. The number of hydrogen-bond donors (Lipinski definition) is 1. The summed E-state index contributed by atoms with van der Waals surface area (Å²) in [6.07, 6.45) is 7.02. The fourth-order valence-electron chi connectivity index (χ4n) is 2.65. The molecule has 1 N–H and O–H groups in total. The van der Waals surface area contributed by atoms with Gasteiger partial charge in [0, 0.05) is 65.9 Å². The molecule has 2 rings (SSSR count). The Morgan fingerprint density at radius 2 is 1.91 bits per heavy atom. The topological polar surface area (TPSA) is 65.9 Å². The molecule has 0 aliphatic carbocycles. The number of guanidine groups is 1. The van der Waals surface area contributed by atoms with Crippen LogP contribution in [0.2, 0.25) is 0 Å². The Morgan fingerprint density at radius 3 is 2.57 bits per heavy atom. The van der Waals surface area contributed by atoms with Gasteiger partial charge in [0.25, 0.3) is 0 Å². The molecule has 7 heteroatoms. The Bertz CT molecular complexity index is 459. The summed E-state index contributed by atoms with van der Waals surface area (Å²) in [6.45, 7) is 5.50. The van der Waals surface area contributed by atoms with E-state index in [2.05, 4.69) is 30.1 Å². The Hall–Kier alpha value is -1.89. The average Bonchev–Trinajstić information content (AvgIpc) is 2.62. The first-order chi connectivity index (χ1) is 11.3. The Labute approximate surface area is 138 Å². The lowest BCUT2D eigenvalue weighted by molar-refractivity contribution is 0.192. The van der Waals surface area contributed by atoms with Crippen LogP contribution in [0.3, 0.4) is 0 Å². The summed E-state index contributed by atoms with van der Waals surface area (Å²) in [5, 5.41) is 3.46. The predicted molar refractivity (Wildman–Crippen MR) is 92.9 cm³/mol. The average molecular weight is 320 g/mol. The molecule has 0 amide bonds. The van der Waals surface area contributed by atoms with E-state index in [0.717, 1.165) is 64.1 Å². The van der Waals surface area contributed by atoms with Crippen molar-refractivity contribution in [2.24, 2.45) is 4.99 Å². The van der Waals surface area contributed by atoms with Gasteiger partial charge in [0.05, 0.1) is 0 Å². The molecule has 0 spiro atoms. The number of methoxy groups -OCH3 is 1. The first-order valence-corrected chi connectivity index (χ1v) is 8.31. The molecule has 0 aromatic carbocycles. The summed E-state index contributed by atoms with van der Waals surface area (Å²) >= 11 is 0. The first-order valence-electron chi connectivity index (χ1n) is 8.31. The highest BCUT2D eigenvalue weighted by Gasteiger charge is 2.20. The fraction of sp³-hybridized carbons (Fsp3) is 0.688. The van der Waals surface area contributed by atoms with Gasteiger partial charge in [-0.05, 0) is 25.3 Å². The van der Waals surface area contributed by atoms with Crippen molar-refractivity contribution in [3.05, 3.63) is 18.5 Å². The van der Waals surface area contributed by atoms with Crippen LogP contribution in [0.25, 0.3) is 0 Å². The van der Waals surface area contributed by atoms with Crippen LogP contribution >= 0.6 is 0 Å². The van der Waals surface area contributed by atoms with Crippen LogP contribution in [0, 0.1) is 0 Å². The number of aliphatic imine (C=N–C) groups is 1. The number of unbranched alkanes of at least 4 members (excludes halogenated alkanes) is 2. The summed E-state index contributed by atoms with van der Waals surface area (Å²) in [7, 11) is 3.60. The van der Waals surface area contributed by atoms with E-state index in [0.29, 0.717) is 0 Å². The second-order valence-corrected chi connectivity index (χ2v) is 5.55. The van der Waals surface area contributed by atoms with Gasteiger partial charge in [-0.15, -0.1) is 0 Å². The number of anilines is 1. The van der Waals surface area contributed by atoms with Crippen LogP contribution in [0.1, 0.15) is 19.3 Å². The summed E-state index contributed by atoms with van der Waals surface area (Å²) < 4.78 is 5.07. The number of aromatic nitrogens is 2. The molecule has 0 bridgehead atoms. The van der Waals surface area contributed by atoms with E-state index in [1.54, 1.807) is 19.5 Å². The standard InChI is InChI=1S/C16H28N6O/c1-17-15(18-7-4-3-5-14-23-2)21-10-12-22(13-11-21)16-19-8-6-9-20-16/h6,8-9H,3-5,7,10-14H2,1-2H3,(H,17,18). The third-order valence-electron chi connectivity index (χ3n) is 3.93. The molecule has 0 radical (unpaired) electrons. The lowest BCUT2D eigenvalue weighted by Gasteiger charge is -2.36. The van der Waals surface area contributed by atoms with Crippen molar-refractivity contribution in [3.63, 3.8) is 0 Å². The van der Waals surface area contributed by atoms with E-state index >= 15 is 0 Å². The Morgan fingerprint density at radius 1 is 1.17 bits per heavy atom. The third-order valence-corrected chi connectivity index (χ3v) is 3.93. The molecule has 0 atom stereocenters. The lowest BCUT2D eigenvalue weighted by atomic mass is 10.2. The van der Waals surface area contributed by atoms with E-state index in [1.165, 1.54) is 6.42 Å². The zero-order valence-corrected chi connectivity index (χ0v) is 14.2. The number of nitrogens with zero attached hydrogens (tertiary/aromatic N) is 5. The molecule has 2 heterocycles. The molecule has 128 valence electrons. The van der Waals surface area contributed by atoms with Gasteiger partial charge < -0.3 is 19.9 Å². The van der Waals surface area contributed by atoms with Gasteiger partial charge in [-0.3, -0.25) is 4.99 Å². The number of nitrogens with one attached hydrogen (secondary N) is 1. The highest BCUT2D eigenvalue weighted by atomic mass is 16.5. The van der Waals surface area contributed by atoms with Crippen molar-refractivity contribution < 1.29 is 4.74 Å². The molecule has 0 saturated carbocycles. The van der Waals surface area contributed by atoms with Gasteiger partial charge in [-0.1, -0.05) is 0 Å². The van der Waals surface area contributed by atoms with Gasteiger partial charge in [0.1, 0.15) is 0 Å². The van der Waals surface area contributed by atoms with Gasteiger partial charge >= 0.3 is 0 Å². The zero-order valence-electron chi connectivity index (χ0n) is 14.2. The van der Waals surface area contributed by atoms with Crippen LogP contribution in [0.15, 0.2) is 23.5 Å². The molecule has 23 heavy (non-hydrogen) atoms. The van der Waals surface area contributed by atoms with Gasteiger partial charge in [0.15, 0.2) is 5.96 Å². The maximum absolute atomic E-state index is 5.07. The Kier molecular flexibility index (Phi) is 7.59. The summed E-state index contributed by atoms with van der Waals surface area (Å²) in [6, 6.07) is 1.85. The van der Waals surface area contributed by atoms with Crippen molar-refractivity contribution >= 4 is 11.9 Å². The summed E-state index contributed by atoms with van der Waals surface area (Å²) in [5.74, 6) is 1.80.